The van der Waals surface area contributed by atoms with E-state index in [-0.39, 0.29) is 5.57 Å². The first-order chi connectivity index (χ1) is 9.35. The van der Waals surface area contributed by atoms with Crippen LogP contribution in [0, 0.1) is 11.3 Å². The molecule has 1 aromatic rings. The number of nitrogens with zero attached hydrogens (tertiary/aromatic N) is 1. The zero-order valence-electron chi connectivity index (χ0n) is 12.3. The highest BCUT2D eigenvalue weighted by atomic mass is 28.3. The van der Waals surface area contributed by atoms with Gasteiger partial charge in [-0.2, -0.15) is 5.26 Å². The van der Waals surface area contributed by atoms with Crippen LogP contribution < -0.4 is 4.74 Å². The maximum Gasteiger partial charge on any atom is 0.348 e. The first kappa shape index (κ1) is 16.0. The third-order valence-corrected chi connectivity index (χ3v) is 3.40. The van der Waals surface area contributed by atoms with Crippen LogP contribution in [0.4, 0.5) is 0 Å². The van der Waals surface area contributed by atoms with Crippen molar-refractivity contribution >= 4 is 20.1 Å². The van der Waals surface area contributed by atoms with Gasteiger partial charge in [-0.3, -0.25) is 0 Å². The fourth-order valence-corrected chi connectivity index (χ4v) is 1.97. The fourth-order valence-electron chi connectivity index (χ4n) is 1.37. The third-order valence-electron chi connectivity index (χ3n) is 2.39. The van der Waals surface area contributed by atoms with E-state index in [0.717, 1.165) is 17.5 Å². The van der Waals surface area contributed by atoms with E-state index in [1.165, 1.54) is 13.2 Å². The molecule has 5 heteroatoms. The number of ether oxygens (including phenoxy) is 2. The predicted octanol–water partition coefficient (Wildman–Crippen LogP) is 3.02. The van der Waals surface area contributed by atoms with Crippen molar-refractivity contribution in [3.63, 3.8) is 0 Å². The highest BCUT2D eigenvalue weighted by Gasteiger charge is 2.14. The van der Waals surface area contributed by atoms with E-state index in [4.69, 9.17) is 10.00 Å². The molecule has 0 bridgehead atoms. The molecule has 0 spiro atoms. The van der Waals surface area contributed by atoms with Crippen molar-refractivity contribution in [2.24, 2.45) is 0 Å². The summed E-state index contributed by atoms with van der Waals surface area (Å²) >= 11 is 0. The Morgan fingerprint density at radius 2 is 1.90 bits per heavy atom. The number of carbonyl (C=O) groups excluding carboxylic acids is 1. The summed E-state index contributed by atoms with van der Waals surface area (Å²) in [7, 11) is 0.00702. The highest BCUT2D eigenvalue weighted by Crippen LogP contribution is 2.16. The van der Waals surface area contributed by atoms with Crippen LogP contribution in [0.3, 0.4) is 0 Å². The van der Waals surface area contributed by atoms with Gasteiger partial charge in [0.1, 0.15) is 17.4 Å². The Labute approximate surface area is 120 Å². The van der Waals surface area contributed by atoms with Crippen LogP contribution >= 0.6 is 0 Å². The predicted molar refractivity (Wildman–Crippen MR) is 80.9 cm³/mol. The average molecular weight is 289 g/mol. The average Bonchev–Trinajstić information content (AvgIpc) is 2.42. The smallest absolute Gasteiger partial charge is 0.348 e. The Morgan fingerprint density at radius 1 is 1.30 bits per heavy atom. The van der Waals surface area contributed by atoms with E-state index in [1.807, 2.05) is 18.2 Å². The van der Waals surface area contributed by atoms with Gasteiger partial charge in [-0.1, -0.05) is 31.8 Å². The molecule has 1 aromatic carbocycles. The van der Waals surface area contributed by atoms with Crippen molar-refractivity contribution in [3.05, 3.63) is 35.4 Å². The lowest BCUT2D eigenvalue weighted by Crippen LogP contribution is -2.29. The Bertz CT molecular complexity index is 536. The van der Waals surface area contributed by atoms with E-state index in [2.05, 4.69) is 24.4 Å². The van der Waals surface area contributed by atoms with E-state index in [0.29, 0.717) is 0 Å². The number of carbonyl (C=O) groups is 1. The first-order valence-electron chi connectivity index (χ1n) is 6.29. The second kappa shape index (κ2) is 6.92. The van der Waals surface area contributed by atoms with Gasteiger partial charge in [0.2, 0.25) is 0 Å². The minimum atomic E-state index is -1.24. The molecule has 0 aliphatic rings. The number of nitriles is 1. The van der Waals surface area contributed by atoms with Crippen LogP contribution in [-0.4, -0.2) is 27.4 Å². The van der Waals surface area contributed by atoms with Crippen LogP contribution in [0.5, 0.6) is 5.75 Å². The topological polar surface area (TPSA) is 59.3 Å². The van der Waals surface area contributed by atoms with Gasteiger partial charge in [-0.05, 0) is 23.8 Å². The Balaban J connectivity index is 2.79. The zero-order valence-corrected chi connectivity index (χ0v) is 13.3. The van der Waals surface area contributed by atoms with E-state index in [1.54, 1.807) is 12.1 Å². The second-order valence-electron chi connectivity index (χ2n) is 5.58. The number of benzene rings is 1. The molecule has 106 valence electrons. The second-order valence-corrected chi connectivity index (χ2v) is 11.0. The lowest BCUT2D eigenvalue weighted by molar-refractivity contribution is -0.135. The number of hydrogen-bond donors (Lipinski definition) is 0. The summed E-state index contributed by atoms with van der Waals surface area (Å²) in [6.45, 7) is 6.71. The van der Waals surface area contributed by atoms with Gasteiger partial charge in [0, 0.05) is 0 Å². The SMILES string of the molecule is COC(=O)C(C#N)=Cc1ccc(OC[Si](C)(C)C)cc1. The molecule has 0 aliphatic heterocycles. The third kappa shape index (κ3) is 5.29. The van der Waals surface area contributed by atoms with Crippen LogP contribution in [0.25, 0.3) is 6.08 Å². The quantitative estimate of drug-likeness (QED) is 0.362. The van der Waals surface area contributed by atoms with Gasteiger partial charge in [0.15, 0.2) is 0 Å². The molecular weight excluding hydrogens is 270 g/mol. The zero-order chi connectivity index (χ0) is 15.2. The lowest BCUT2D eigenvalue weighted by Gasteiger charge is -2.16. The number of methoxy groups -OCH3 is 1. The largest absolute Gasteiger partial charge is 0.497 e. The van der Waals surface area contributed by atoms with Crippen molar-refractivity contribution in [1.82, 2.24) is 0 Å². The molecule has 0 N–H and O–H groups in total. The molecule has 0 radical (unpaired) electrons. The molecule has 0 heterocycles. The Kier molecular flexibility index (Phi) is 5.53. The number of rotatable bonds is 5. The van der Waals surface area contributed by atoms with Crippen molar-refractivity contribution in [3.8, 4) is 11.8 Å². The van der Waals surface area contributed by atoms with Crippen LogP contribution in [-0.2, 0) is 9.53 Å². The Morgan fingerprint density at radius 3 is 2.35 bits per heavy atom. The highest BCUT2D eigenvalue weighted by molar-refractivity contribution is 6.76. The summed E-state index contributed by atoms with van der Waals surface area (Å²) in [6, 6.07) is 9.10. The minimum Gasteiger partial charge on any atom is -0.497 e. The van der Waals surface area contributed by atoms with E-state index >= 15 is 0 Å². The standard InChI is InChI=1S/C15H19NO3Si/c1-18-15(17)13(10-16)9-12-5-7-14(8-6-12)19-11-20(2,3)4/h5-9H,11H2,1-4H3. The van der Waals surface area contributed by atoms with E-state index in [9.17, 15) is 4.79 Å². The van der Waals surface area contributed by atoms with Gasteiger partial charge in [0.05, 0.1) is 21.4 Å². The summed E-state index contributed by atoms with van der Waals surface area (Å²) in [4.78, 5) is 11.3. The van der Waals surface area contributed by atoms with Gasteiger partial charge in [-0.15, -0.1) is 0 Å². The first-order valence-corrected chi connectivity index (χ1v) is 9.99. The molecular formula is C15H19NO3Si. The molecule has 0 amide bonds. The summed E-state index contributed by atoms with van der Waals surface area (Å²) in [5, 5.41) is 8.88. The summed E-state index contributed by atoms with van der Waals surface area (Å²) in [5.74, 6) is 0.160. The van der Waals surface area contributed by atoms with Gasteiger partial charge >= 0.3 is 5.97 Å². The number of esters is 1. The molecule has 0 saturated carbocycles. The van der Waals surface area contributed by atoms with Crippen molar-refractivity contribution in [2.45, 2.75) is 19.6 Å². The maximum absolute atomic E-state index is 11.3. The molecule has 0 fully saturated rings. The monoisotopic (exact) mass is 289 g/mol. The van der Waals surface area contributed by atoms with Crippen molar-refractivity contribution in [1.29, 1.82) is 5.26 Å². The lowest BCUT2D eigenvalue weighted by atomic mass is 10.1. The Hall–Kier alpha value is -2.06. The van der Waals surface area contributed by atoms with Crippen molar-refractivity contribution in [2.75, 3.05) is 13.3 Å². The van der Waals surface area contributed by atoms with Crippen molar-refractivity contribution < 1.29 is 14.3 Å². The molecule has 0 aromatic heterocycles. The van der Waals surface area contributed by atoms with Crippen LogP contribution in [0.1, 0.15) is 5.56 Å². The summed E-state index contributed by atoms with van der Waals surface area (Å²) in [5.41, 5.74) is 0.732. The fraction of sp³-hybridized carbons (Fsp3) is 0.333. The molecule has 0 atom stereocenters. The summed E-state index contributed by atoms with van der Waals surface area (Å²) in [6.07, 6.45) is 2.25. The van der Waals surface area contributed by atoms with Gasteiger partial charge in [0.25, 0.3) is 0 Å². The maximum atomic E-state index is 11.3. The van der Waals surface area contributed by atoms with Gasteiger partial charge < -0.3 is 9.47 Å². The number of hydrogen-bond acceptors (Lipinski definition) is 4. The van der Waals surface area contributed by atoms with Crippen LogP contribution in [0.2, 0.25) is 19.6 Å². The summed E-state index contributed by atoms with van der Waals surface area (Å²) < 4.78 is 10.2. The molecule has 0 saturated heterocycles. The van der Waals surface area contributed by atoms with E-state index < -0.39 is 14.0 Å². The molecule has 20 heavy (non-hydrogen) atoms. The molecule has 4 nitrogen and oxygen atoms in total. The molecule has 0 unspecified atom stereocenters. The van der Waals surface area contributed by atoms with Gasteiger partial charge in [-0.25, -0.2) is 4.79 Å². The molecule has 0 aliphatic carbocycles. The molecule has 1 rings (SSSR count). The van der Waals surface area contributed by atoms with Crippen LogP contribution in [0.15, 0.2) is 29.8 Å². The minimum absolute atomic E-state index is 0.0248. The normalized spacial score (nSPS) is 11.7.